The second-order valence-corrected chi connectivity index (χ2v) is 8.42. The second-order valence-electron chi connectivity index (χ2n) is 7.43. The summed E-state index contributed by atoms with van der Waals surface area (Å²) in [6.07, 6.45) is 2.79. The third-order valence-electron chi connectivity index (χ3n) is 5.55. The lowest BCUT2D eigenvalue weighted by molar-refractivity contribution is -0.161. The standard InChI is InChI=1S/C20H27Cl2F3/c1-4-14(11-17-18(21)6-5-7-19(17)22)10-16-12(2)8-15(9-13(16)3)20(23,24)25/h8,14-15,18H,4-7,9-11H2,1-3H3. The van der Waals surface area contributed by atoms with Crippen molar-refractivity contribution in [3.05, 3.63) is 33.4 Å². The lowest BCUT2D eigenvalue weighted by atomic mass is 9.79. The highest BCUT2D eigenvalue weighted by Crippen LogP contribution is 2.42. The zero-order valence-corrected chi connectivity index (χ0v) is 16.7. The van der Waals surface area contributed by atoms with Crippen molar-refractivity contribution < 1.29 is 13.2 Å². The summed E-state index contributed by atoms with van der Waals surface area (Å²) in [4.78, 5) is 0. The van der Waals surface area contributed by atoms with Gasteiger partial charge < -0.3 is 0 Å². The van der Waals surface area contributed by atoms with Gasteiger partial charge in [-0.25, -0.2) is 0 Å². The molecule has 0 aliphatic heterocycles. The van der Waals surface area contributed by atoms with E-state index in [1.807, 2.05) is 6.92 Å². The fourth-order valence-electron chi connectivity index (χ4n) is 3.94. The van der Waals surface area contributed by atoms with Crippen LogP contribution in [0.4, 0.5) is 13.2 Å². The monoisotopic (exact) mass is 394 g/mol. The maximum atomic E-state index is 13.0. The first-order chi connectivity index (χ1) is 11.6. The summed E-state index contributed by atoms with van der Waals surface area (Å²) in [6, 6.07) is 0. The normalized spacial score (nSPS) is 26.8. The van der Waals surface area contributed by atoms with Crippen LogP contribution in [0.15, 0.2) is 33.4 Å². The highest BCUT2D eigenvalue weighted by atomic mass is 35.5. The Morgan fingerprint density at radius 3 is 2.44 bits per heavy atom. The second kappa shape index (κ2) is 8.52. The summed E-state index contributed by atoms with van der Waals surface area (Å²) in [5.74, 6) is -0.988. The van der Waals surface area contributed by atoms with E-state index in [2.05, 4.69) is 6.92 Å². The Morgan fingerprint density at radius 2 is 1.92 bits per heavy atom. The quantitative estimate of drug-likeness (QED) is 0.415. The molecule has 2 aliphatic carbocycles. The van der Waals surface area contributed by atoms with Crippen LogP contribution in [0, 0.1) is 11.8 Å². The van der Waals surface area contributed by atoms with Crippen LogP contribution in [-0.4, -0.2) is 11.6 Å². The molecule has 0 saturated heterocycles. The molecule has 25 heavy (non-hydrogen) atoms. The fourth-order valence-corrected chi connectivity index (χ4v) is 4.71. The van der Waals surface area contributed by atoms with Gasteiger partial charge in [-0.05, 0) is 69.4 Å². The highest BCUT2D eigenvalue weighted by molar-refractivity contribution is 6.31. The van der Waals surface area contributed by atoms with Gasteiger partial charge in [-0.1, -0.05) is 42.2 Å². The van der Waals surface area contributed by atoms with E-state index in [4.69, 9.17) is 23.2 Å². The van der Waals surface area contributed by atoms with Gasteiger partial charge in [0.25, 0.3) is 0 Å². The predicted octanol–water partition coefficient (Wildman–Crippen LogP) is 7.92. The topological polar surface area (TPSA) is 0 Å². The van der Waals surface area contributed by atoms with E-state index in [1.54, 1.807) is 6.92 Å². The van der Waals surface area contributed by atoms with E-state index in [-0.39, 0.29) is 11.8 Å². The molecule has 0 N–H and O–H groups in total. The number of hydrogen-bond acceptors (Lipinski definition) is 0. The molecule has 0 bridgehead atoms. The highest BCUT2D eigenvalue weighted by Gasteiger charge is 2.40. The van der Waals surface area contributed by atoms with Crippen molar-refractivity contribution in [3.8, 4) is 0 Å². The Morgan fingerprint density at radius 1 is 1.24 bits per heavy atom. The van der Waals surface area contributed by atoms with Crippen LogP contribution >= 0.6 is 23.2 Å². The van der Waals surface area contributed by atoms with Crippen molar-refractivity contribution in [1.29, 1.82) is 0 Å². The third kappa shape index (κ3) is 5.29. The van der Waals surface area contributed by atoms with E-state index < -0.39 is 12.1 Å². The fraction of sp³-hybridized carbons (Fsp3) is 0.700. The molecule has 0 nitrogen and oxygen atoms in total. The average molecular weight is 395 g/mol. The summed E-state index contributed by atoms with van der Waals surface area (Å²) < 4.78 is 39.1. The summed E-state index contributed by atoms with van der Waals surface area (Å²) in [6.45, 7) is 5.77. The van der Waals surface area contributed by atoms with E-state index in [1.165, 1.54) is 6.08 Å². The summed E-state index contributed by atoms with van der Waals surface area (Å²) in [7, 11) is 0. The Bertz CT molecular complexity index is 584. The molecule has 0 amide bonds. The molecule has 142 valence electrons. The first kappa shape index (κ1) is 20.9. The van der Waals surface area contributed by atoms with Crippen molar-refractivity contribution in [2.75, 3.05) is 0 Å². The molecule has 0 heterocycles. The molecule has 0 aromatic heterocycles. The van der Waals surface area contributed by atoms with Gasteiger partial charge in [0.2, 0.25) is 0 Å². The summed E-state index contributed by atoms with van der Waals surface area (Å²) >= 11 is 12.9. The van der Waals surface area contributed by atoms with Crippen LogP contribution in [0.25, 0.3) is 0 Å². The first-order valence-corrected chi connectivity index (χ1v) is 9.90. The van der Waals surface area contributed by atoms with E-state index in [9.17, 15) is 13.2 Å². The first-order valence-electron chi connectivity index (χ1n) is 9.09. The zero-order chi connectivity index (χ0) is 18.8. The molecule has 3 unspecified atom stereocenters. The van der Waals surface area contributed by atoms with E-state index in [0.717, 1.165) is 65.8 Å². The van der Waals surface area contributed by atoms with Crippen molar-refractivity contribution in [1.82, 2.24) is 0 Å². The average Bonchev–Trinajstić information content (AvgIpc) is 2.51. The van der Waals surface area contributed by atoms with E-state index >= 15 is 0 Å². The van der Waals surface area contributed by atoms with Crippen LogP contribution in [0.1, 0.15) is 65.7 Å². The molecule has 0 fully saturated rings. The third-order valence-corrected chi connectivity index (χ3v) is 6.46. The SMILES string of the molecule is CCC(CC1=C(C)CC(C(F)(F)F)C=C1C)CC1=C(Cl)CCCC1Cl. The van der Waals surface area contributed by atoms with E-state index in [0.29, 0.717) is 5.92 Å². The predicted molar refractivity (Wildman–Crippen MR) is 100 cm³/mol. The van der Waals surface area contributed by atoms with Gasteiger partial charge in [-0.15, -0.1) is 11.6 Å². The van der Waals surface area contributed by atoms with Crippen molar-refractivity contribution in [2.45, 2.75) is 77.3 Å². The van der Waals surface area contributed by atoms with Crippen molar-refractivity contribution in [2.24, 2.45) is 11.8 Å². The van der Waals surface area contributed by atoms with Crippen LogP contribution < -0.4 is 0 Å². The number of alkyl halides is 4. The Balaban J connectivity index is 2.13. The molecule has 2 rings (SSSR count). The van der Waals surface area contributed by atoms with Crippen LogP contribution in [-0.2, 0) is 0 Å². The molecule has 0 saturated carbocycles. The number of allylic oxidation sites excluding steroid dienone is 6. The van der Waals surface area contributed by atoms with Crippen LogP contribution in [0.3, 0.4) is 0 Å². The summed E-state index contributed by atoms with van der Waals surface area (Å²) in [5.41, 5.74) is 3.87. The van der Waals surface area contributed by atoms with Gasteiger partial charge in [0.05, 0.1) is 11.3 Å². The van der Waals surface area contributed by atoms with Gasteiger partial charge in [-0.2, -0.15) is 13.2 Å². The molecule has 3 atom stereocenters. The van der Waals surface area contributed by atoms with Crippen molar-refractivity contribution in [3.63, 3.8) is 0 Å². The zero-order valence-electron chi connectivity index (χ0n) is 15.1. The summed E-state index contributed by atoms with van der Waals surface area (Å²) in [5, 5.41) is 0.895. The molecule has 0 spiro atoms. The smallest absolute Gasteiger partial charge is 0.170 e. The largest absolute Gasteiger partial charge is 0.395 e. The number of halogens is 5. The van der Waals surface area contributed by atoms with Gasteiger partial charge in [0.1, 0.15) is 0 Å². The number of hydrogen-bond donors (Lipinski definition) is 0. The minimum absolute atomic E-state index is 0.00276. The lowest BCUT2D eigenvalue weighted by Crippen LogP contribution is -2.24. The van der Waals surface area contributed by atoms with Crippen LogP contribution in [0.5, 0.6) is 0 Å². The molecular weight excluding hydrogens is 368 g/mol. The van der Waals surface area contributed by atoms with Crippen molar-refractivity contribution >= 4 is 23.2 Å². The minimum atomic E-state index is -4.16. The lowest BCUT2D eigenvalue weighted by Gasteiger charge is -2.29. The Kier molecular flexibility index (Phi) is 7.12. The maximum Gasteiger partial charge on any atom is 0.395 e. The Hall–Kier alpha value is -0.410. The molecule has 0 aromatic carbocycles. The molecule has 5 heteroatoms. The van der Waals surface area contributed by atoms with Gasteiger partial charge in [-0.3, -0.25) is 0 Å². The van der Waals surface area contributed by atoms with Gasteiger partial charge in [0, 0.05) is 5.03 Å². The molecule has 0 aromatic rings. The molecule has 2 aliphatic rings. The van der Waals surface area contributed by atoms with Gasteiger partial charge in [0.15, 0.2) is 0 Å². The minimum Gasteiger partial charge on any atom is -0.170 e. The number of rotatable bonds is 5. The van der Waals surface area contributed by atoms with Gasteiger partial charge >= 0.3 is 6.18 Å². The molecule has 0 radical (unpaired) electrons. The van der Waals surface area contributed by atoms with Crippen LogP contribution in [0.2, 0.25) is 0 Å². The molecular formula is C20H27Cl2F3. The Labute approximate surface area is 159 Å². The maximum absolute atomic E-state index is 13.0.